The molecule has 0 saturated heterocycles. The second-order valence-electron chi connectivity index (χ2n) is 16.2. The van der Waals surface area contributed by atoms with Crippen LogP contribution in [0.5, 0.6) is 0 Å². The first kappa shape index (κ1) is 55.8. The number of ether oxygens (including phenoxy) is 2. The normalized spacial score (nSPS) is 19.6. The van der Waals surface area contributed by atoms with Crippen LogP contribution in [-0.4, -0.2) is 93.9 Å². The number of ketones is 1. The van der Waals surface area contributed by atoms with Gasteiger partial charge in [-0.25, -0.2) is 4.57 Å². The highest BCUT2D eigenvalue weighted by Gasteiger charge is 2.39. The molecule has 1 rings (SSSR count). The summed E-state index contributed by atoms with van der Waals surface area (Å²) in [6.07, 6.45) is 30.4. The number of phosphoric ester groups is 1. The fourth-order valence-electron chi connectivity index (χ4n) is 6.97. The number of phosphoric acid groups is 1. The minimum Gasteiger partial charge on any atom is -0.462 e. The Bertz CT molecular complexity index is 1250. The summed E-state index contributed by atoms with van der Waals surface area (Å²) in [7, 11) is -4.70. The zero-order valence-electron chi connectivity index (χ0n) is 36.9. The zero-order chi connectivity index (χ0) is 44.3. The first-order valence-electron chi connectivity index (χ1n) is 23.0. The average Bonchev–Trinajstić information content (AvgIpc) is 3.49. The number of carbonyl (C=O) groups is 3. The van der Waals surface area contributed by atoms with Crippen molar-refractivity contribution in [3.63, 3.8) is 0 Å². The quantitative estimate of drug-likeness (QED) is 0.0170. The molecule has 7 atom stereocenters. The first-order chi connectivity index (χ1) is 28.9. The van der Waals surface area contributed by atoms with Crippen LogP contribution in [0.3, 0.4) is 0 Å². The van der Waals surface area contributed by atoms with Gasteiger partial charge in [-0.15, -0.1) is 0 Å². The number of carbonyl (C=O) groups excluding carboxylic acids is 3. The van der Waals surface area contributed by atoms with Gasteiger partial charge in [0, 0.05) is 31.1 Å². The number of esters is 2. The van der Waals surface area contributed by atoms with E-state index in [9.17, 15) is 39.2 Å². The molecule has 0 aromatic carbocycles. The minimum absolute atomic E-state index is 0.00740. The maximum atomic E-state index is 12.7. The number of unbranched alkanes of at least 4 members (excludes halogenated alkanes) is 16. The summed E-state index contributed by atoms with van der Waals surface area (Å²) in [6, 6.07) is 0. The number of Topliss-reactive ketones (excluding diaryl/α,β-unsaturated/α-hetero) is 1. The molecule has 1 saturated carbocycles. The van der Waals surface area contributed by atoms with Gasteiger partial charge in [-0.1, -0.05) is 134 Å². The molecule has 0 spiro atoms. The monoisotopic (exact) mass is 873 g/mol. The van der Waals surface area contributed by atoms with Crippen LogP contribution in [0, 0.1) is 11.8 Å². The van der Waals surface area contributed by atoms with E-state index < -0.39 is 76.5 Å². The molecule has 0 radical (unpaired) electrons. The van der Waals surface area contributed by atoms with Gasteiger partial charge < -0.3 is 34.8 Å². The van der Waals surface area contributed by atoms with E-state index in [4.69, 9.17) is 19.1 Å². The van der Waals surface area contributed by atoms with Crippen molar-refractivity contribution >= 4 is 25.5 Å². The van der Waals surface area contributed by atoms with Crippen molar-refractivity contribution in [3.05, 3.63) is 36.5 Å². The standard InChI is InChI=1S/C46H81O13P/c1-3-5-7-8-9-10-11-12-13-14-15-16-17-18-19-20-25-29-45(52)56-36-40(37-58-60(54,55)57-35-39(49)34-47)59-46(53)30-26-22-21-24-28-41-42(44(51)33-43(41)50)32-31-38(48)27-23-6-4-2/h12-13,21,24,31-32,38-43,47-50H,3-11,14-20,22-23,25-30,33-37H2,1-2H3,(H,54,55)/b13-12-,24-21-,32-31+/t38-,39-,40+,41+,42+,43-/m0/s1. The van der Waals surface area contributed by atoms with E-state index in [1.54, 1.807) is 12.2 Å². The van der Waals surface area contributed by atoms with Gasteiger partial charge in [0.2, 0.25) is 0 Å². The number of allylic oxidation sites excluding steroid dienone is 5. The van der Waals surface area contributed by atoms with E-state index in [-0.39, 0.29) is 31.0 Å². The van der Waals surface area contributed by atoms with E-state index >= 15 is 0 Å². The lowest BCUT2D eigenvalue weighted by molar-refractivity contribution is -0.161. The SMILES string of the molecule is CCCCCCCC/C=C\CCCCCCCCCC(=O)OC[C@H](COP(=O)(O)OC[C@@H](O)CO)OC(=O)CCC/C=C\C[C@H]1[C@@H](O)CC(=O)[C@@H]1/C=C/[C@@H](O)CCCCC. The minimum atomic E-state index is -4.70. The lowest BCUT2D eigenvalue weighted by Crippen LogP contribution is -2.29. The van der Waals surface area contributed by atoms with Crippen LogP contribution < -0.4 is 0 Å². The lowest BCUT2D eigenvalue weighted by Gasteiger charge is -2.20. The predicted octanol–water partition coefficient (Wildman–Crippen LogP) is 8.93. The lowest BCUT2D eigenvalue weighted by atomic mass is 9.90. The Morgan fingerprint density at radius 1 is 0.733 bits per heavy atom. The van der Waals surface area contributed by atoms with Gasteiger partial charge in [0.25, 0.3) is 0 Å². The van der Waals surface area contributed by atoms with Crippen LogP contribution in [0.2, 0.25) is 0 Å². The highest BCUT2D eigenvalue weighted by atomic mass is 31.2. The van der Waals surface area contributed by atoms with Gasteiger partial charge in [-0.3, -0.25) is 23.4 Å². The topological polar surface area (TPSA) is 206 Å². The van der Waals surface area contributed by atoms with Crippen LogP contribution in [0.4, 0.5) is 0 Å². The molecule has 1 fully saturated rings. The third-order valence-corrected chi connectivity index (χ3v) is 11.6. The Morgan fingerprint density at radius 2 is 1.28 bits per heavy atom. The van der Waals surface area contributed by atoms with Crippen molar-refractivity contribution in [1.82, 2.24) is 0 Å². The van der Waals surface area contributed by atoms with E-state index in [1.807, 2.05) is 12.2 Å². The summed E-state index contributed by atoms with van der Waals surface area (Å²) < 4.78 is 32.7. The fourth-order valence-corrected chi connectivity index (χ4v) is 7.76. The van der Waals surface area contributed by atoms with Crippen LogP contribution >= 0.6 is 7.82 Å². The first-order valence-corrected chi connectivity index (χ1v) is 24.5. The number of aliphatic hydroxyl groups is 4. The van der Waals surface area contributed by atoms with Crippen molar-refractivity contribution in [2.75, 3.05) is 26.4 Å². The van der Waals surface area contributed by atoms with Crippen molar-refractivity contribution < 1.29 is 62.8 Å². The third kappa shape index (κ3) is 29.9. The molecule has 1 aliphatic carbocycles. The maximum Gasteiger partial charge on any atom is 0.472 e. The second kappa shape index (κ2) is 36.3. The van der Waals surface area contributed by atoms with E-state index in [1.165, 1.54) is 57.8 Å². The van der Waals surface area contributed by atoms with Crippen molar-refractivity contribution in [1.29, 1.82) is 0 Å². The third-order valence-electron chi connectivity index (χ3n) is 10.6. The zero-order valence-corrected chi connectivity index (χ0v) is 37.8. The Hall–Kier alpha value is -2.22. The average molecular weight is 873 g/mol. The number of hydrogen-bond acceptors (Lipinski definition) is 12. The molecule has 60 heavy (non-hydrogen) atoms. The summed E-state index contributed by atoms with van der Waals surface area (Å²) >= 11 is 0. The van der Waals surface area contributed by atoms with Gasteiger partial charge in [-0.05, 0) is 57.8 Å². The molecule has 1 aliphatic rings. The van der Waals surface area contributed by atoms with Gasteiger partial charge >= 0.3 is 19.8 Å². The van der Waals surface area contributed by atoms with Gasteiger partial charge in [0.15, 0.2) is 6.10 Å². The summed E-state index contributed by atoms with van der Waals surface area (Å²) in [5.74, 6) is -1.94. The number of hydrogen-bond donors (Lipinski definition) is 5. The molecule has 0 aromatic rings. The molecule has 0 aromatic heterocycles. The largest absolute Gasteiger partial charge is 0.472 e. The maximum absolute atomic E-state index is 12.7. The Labute approximate surface area is 361 Å². The van der Waals surface area contributed by atoms with Crippen LogP contribution in [-0.2, 0) is 37.5 Å². The van der Waals surface area contributed by atoms with E-state index in [0.717, 1.165) is 51.4 Å². The molecular formula is C46H81O13P. The number of aliphatic hydroxyl groups excluding tert-OH is 4. The Kier molecular flexibility index (Phi) is 33.7. The molecule has 348 valence electrons. The molecule has 0 amide bonds. The van der Waals surface area contributed by atoms with Crippen LogP contribution in [0.15, 0.2) is 36.5 Å². The molecule has 0 aliphatic heterocycles. The van der Waals surface area contributed by atoms with Crippen LogP contribution in [0.25, 0.3) is 0 Å². The second-order valence-corrected chi connectivity index (χ2v) is 17.7. The predicted molar refractivity (Wildman–Crippen MR) is 234 cm³/mol. The molecule has 0 heterocycles. The van der Waals surface area contributed by atoms with Gasteiger partial charge in [0.05, 0.1) is 32.0 Å². The molecule has 5 N–H and O–H groups in total. The van der Waals surface area contributed by atoms with Gasteiger partial charge in [-0.2, -0.15) is 0 Å². The molecule has 14 heteroatoms. The van der Waals surface area contributed by atoms with E-state index in [0.29, 0.717) is 32.1 Å². The molecule has 0 bridgehead atoms. The molecule has 13 nitrogen and oxygen atoms in total. The molecule has 1 unspecified atom stereocenters. The van der Waals surface area contributed by atoms with Crippen LogP contribution in [0.1, 0.15) is 174 Å². The fraction of sp³-hybridized carbons (Fsp3) is 0.804. The Balaban J connectivity index is 2.45. The Morgan fingerprint density at radius 3 is 1.93 bits per heavy atom. The highest BCUT2D eigenvalue weighted by molar-refractivity contribution is 7.47. The summed E-state index contributed by atoms with van der Waals surface area (Å²) in [6.45, 7) is 1.96. The summed E-state index contributed by atoms with van der Waals surface area (Å²) in [4.78, 5) is 47.7. The summed E-state index contributed by atoms with van der Waals surface area (Å²) in [5.41, 5.74) is 0. The van der Waals surface area contributed by atoms with E-state index in [2.05, 4.69) is 30.5 Å². The van der Waals surface area contributed by atoms with Crippen molar-refractivity contribution in [2.24, 2.45) is 11.8 Å². The number of rotatable bonds is 39. The molecular weight excluding hydrogens is 791 g/mol. The van der Waals surface area contributed by atoms with Crippen molar-refractivity contribution in [3.8, 4) is 0 Å². The highest BCUT2D eigenvalue weighted by Crippen LogP contribution is 2.43. The van der Waals surface area contributed by atoms with Gasteiger partial charge in [0.1, 0.15) is 18.5 Å². The smallest absolute Gasteiger partial charge is 0.462 e. The van der Waals surface area contributed by atoms with Crippen molar-refractivity contribution in [2.45, 2.75) is 199 Å². The summed E-state index contributed by atoms with van der Waals surface area (Å²) in [5, 5.41) is 39.1.